The van der Waals surface area contributed by atoms with Crippen molar-refractivity contribution < 1.29 is 28.6 Å². The van der Waals surface area contributed by atoms with Gasteiger partial charge in [0.2, 0.25) is 0 Å². The molecule has 2 amide bonds. The van der Waals surface area contributed by atoms with Gasteiger partial charge in [0.25, 0.3) is 0 Å². The number of esters is 1. The third kappa shape index (κ3) is 8.53. The predicted molar refractivity (Wildman–Crippen MR) is 138 cm³/mol. The van der Waals surface area contributed by atoms with E-state index in [9.17, 15) is 14.4 Å². The summed E-state index contributed by atoms with van der Waals surface area (Å²) in [6, 6.07) is 15.1. The lowest BCUT2D eigenvalue weighted by Crippen LogP contribution is -2.36. The molecule has 0 spiro atoms. The summed E-state index contributed by atoms with van der Waals surface area (Å²) in [4.78, 5) is 44.0. The molecule has 0 bridgehead atoms. The second-order valence-corrected chi connectivity index (χ2v) is 9.41. The Bertz CT molecular complexity index is 1220. The van der Waals surface area contributed by atoms with Crippen molar-refractivity contribution in [2.45, 2.75) is 45.4 Å². The van der Waals surface area contributed by atoms with Crippen LogP contribution in [0.15, 0.2) is 54.6 Å². The zero-order valence-electron chi connectivity index (χ0n) is 21.0. The number of aromatic nitrogens is 2. The van der Waals surface area contributed by atoms with Gasteiger partial charge in [0.05, 0.1) is 13.5 Å². The van der Waals surface area contributed by atoms with E-state index in [0.717, 1.165) is 5.56 Å². The fourth-order valence-corrected chi connectivity index (χ4v) is 3.48. The van der Waals surface area contributed by atoms with E-state index in [0.29, 0.717) is 16.9 Å². The first-order valence-corrected chi connectivity index (χ1v) is 11.8. The Morgan fingerprint density at radius 3 is 2.32 bits per heavy atom. The smallest absolute Gasteiger partial charge is 0.411 e. The van der Waals surface area contributed by atoms with Crippen LogP contribution in [0.3, 0.4) is 0 Å². The summed E-state index contributed by atoms with van der Waals surface area (Å²) in [5.74, 6) is -0.295. The minimum absolute atomic E-state index is 0.0922. The molecule has 10 nitrogen and oxygen atoms in total. The summed E-state index contributed by atoms with van der Waals surface area (Å²) < 4.78 is 15.3. The molecule has 0 aliphatic rings. The maximum absolute atomic E-state index is 12.6. The van der Waals surface area contributed by atoms with E-state index < -0.39 is 29.8 Å². The molecule has 3 aromatic rings. The van der Waals surface area contributed by atoms with Crippen molar-refractivity contribution in [3.05, 3.63) is 71.1 Å². The van der Waals surface area contributed by atoms with Gasteiger partial charge in [0.15, 0.2) is 0 Å². The standard InChI is InChI=1S/C26H29ClN4O6/c1-26(2,3)37-25(34)29-19(14-20(32)36-15-16-8-6-5-7-9-16)23-30-21(22(27)31-23)17-10-12-18(13-11-17)28-24(33)35-4/h5-13,19H,14-15H2,1-4H3,(H,28,33)(H,29,34)(H,30,31). The van der Waals surface area contributed by atoms with Crippen molar-refractivity contribution in [3.63, 3.8) is 0 Å². The van der Waals surface area contributed by atoms with Gasteiger partial charge >= 0.3 is 18.2 Å². The number of alkyl carbamates (subject to hydrolysis) is 1. The van der Waals surface area contributed by atoms with Crippen molar-refractivity contribution in [2.24, 2.45) is 0 Å². The van der Waals surface area contributed by atoms with Gasteiger partial charge in [-0.05, 0) is 38.5 Å². The van der Waals surface area contributed by atoms with Crippen molar-refractivity contribution >= 4 is 35.4 Å². The van der Waals surface area contributed by atoms with Gasteiger partial charge < -0.3 is 24.5 Å². The molecule has 11 heteroatoms. The van der Waals surface area contributed by atoms with Gasteiger partial charge in [0.1, 0.15) is 34.9 Å². The lowest BCUT2D eigenvalue weighted by molar-refractivity contribution is -0.145. The molecule has 1 aromatic heterocycles. The van der Waals surface area contributed by atoms with Crippen LogP contribution < -0.4 is 10.6 Å². The van der Waals surface area contributed by atoms with E-state index >= 15 is 0 Å². The number of ether oxygens (including phenoxy) is 3. The molecule has 196 valence electrons. The minimum Gasteiger partial charge on any atom is -0.461 e. The zero-order valence-corrected chi connectivity index (χ0v) is 21.7. The highest BCUT2D eigenvalue weighted by Gasteiger charge is 2.27. The number of benzene rings is 2. The maximum Gasteiger partial charge on any atom is 0.411 e. The zero-order chi connectivity index (χ0) is 27.0. The molecule has 0 aliphatic heterocycles. The molecule has 1 atom stereocenters. The molecule has 0 saturated heterocycles. The van der Waals surface area contributed by atoms with E-state index in [2.05, 4.69) is 25.3 Å². The summed E-state index contributed by atoms with van der Waals surface area (Å²) in [5, 5.41) is 5.44. The topological polar surface area (TPSA) is 132 Å². The Balaban J connectivity index is 1.79. The van der Waals surface area contributed by atoms with Crippen LogP contribution in [0.5, 0.6) is 0 Å². The number of rotatable bonds is 8. The van der Waals surface area contributed by atoms with Crippen LogP contribution in [0.25, 0.3) is 11.3 Å². The quantitative estimate of drug-likeness (QED) is 0.256. The SMILES string of the molecule is COC(=O)Nc1ccc(-c2nc(C(CC(=O)OCc3ccccc3)NC(=O)OC(C)(C)C)[nH]c2Cl)cc1. The fourth-order valence-electron chi connectivity index (χ4n) is 3.24. The molecule has 3 N–H and O–H groups in total. The van der Waals surface area contributed by atoms with Crippen LogP contribution in [0.2, 0.25) is 5.15 Å². The number of anilines is 1. The molecule has 2 aromatic carbocycles. The van der Waals surface area contributed by atoms with Crippen LogP contribution in [-0.2, 0) is 25.6 Å². The monoisotopic (exact) mass is 528 g/mol. The van der Waals surface area contributed by atoms with Crippen LogP contribution in [0, 0.1) is 0 Å². The van der Waals surface area contributed by atoms with Gasteiger partial charge in [-0.3, -0.25) is 10.1 Å². The molecule has 37 heavy (non-hydrogen) atoms. The third-order valence-corrected chi connectivity index (χ3v) is 5.18. The minimum atomic E-state index is -0.898. The second kappa shape index (κ2) is 12.3. The van der Waals surface area contributed by atoms with Crippen molar-refractivity contribution in [1.82, 2.24) is 15.3 Å². The average Bonchev–Trinajstić information content (AvgIpc) is 3.23. The van der Waals surface area contributed by atoms with E-state index in [1.165, 1.54) is 7.11 Å². The summed E-state index contributed by atoms with van der Waals surface area (Å²) in [6.07, 6.45) is -1.53. The third-order valence-electron chi connectivity index (χ3n) is 4.90. The predicted octanol–water partition coefficient (Wildman–Crippen LogP) is 5.61. The van der Waals surface area contributed by atoms with Crippen LogP contribution in [0.1, 0.15) is 44.6 Å². The number of imidazole rings is 1. The summed E-state index contributed by atoms with van der Waals surface area (Å²) in [7, 11) is 1.27. The number of nitrogens with zero attached hydrogens (tertiary/aromatic N) is 1. The van der Waals surface area contributed by atoms with E-state index in [-0.39, 0.29) is 24.0 Å². The highest BCUT2D eigenvalue weighted by Crippen LogP contribution is 2.29. The number of methoxy groups -OCH3 is 1. The lowest BCUT2D eigenvalue weighted by atomic mass is 10.1. The lowest BCUT2D eigenvalue weighted by Gasteiger charge is -2.22. The molecule has 0 saturated carbocycles. The molecular weight excluding hydrogens is 500 g/mol. The van der Waals surface area contributed by atoms with Crippen molar-refractivity contribution in [2.75, 3.05) is 12.4 Å². The number of amides is 2. The Labute approximate surface area is 219 Å². The van der Waals surface area contributed by atoms with Gasteiger partial charge in [-0.15, -0.1) is 0 Å². The van der Waals surface area contributed by atoms with E-state index in [4.69, 9.17) is 21.1 Å². The molecule has 0 radical (unpaired) electrons. The first-order chi connectivity index (χ1) is 17.5. The highest BCUT2D eigenvalue weighted by atomic mass is 35.5. The fraction of sp³-hybridized carbons (Fsp3) is 0.308. The van der Waals surface area contributed by atoms with Crippen molar-refractivity contribution in [1.29, 1.82) is 0 Å². The van der Waals surface area contributed by atoms with E-state index in [1.807, 2.05) is 30.3 Å². The van der Waals surface area contributed by atoms with Gasteiger partial charge in [0, 0.05) is 11.3 Å². The molecular formula is C26H29ClN4O6. The number of H-pyrrole nitrogens is 1. The highest BCUT2D eigenvalue weighted by molar-refractivity contribution is 6.31. The van der Waals surface area contributed by atoms with E-state index in [1.54, 1.807) is 45.0 Å². The molecule has 0 aliphatic carbocycles. The first-order valence-electron chi connectivity index (χ1n) is 11.4. The first kappa shape index (κ1) is 27.5. The number of aromatic amines is 1. The van der Waals surface area contributed by atoms with Crippen LogP contribution in [0.4, 0.5) is 15.3 Å². The second-order valence-electron chi connectivity index (χ2n) is 9.03. The number of carbonyl (C=O) groups is 3. The van der Waals surface area contributed by atoms with Gasteiger partial charge in [-0.2, -0.15) is 0 Å². The van der Waals surface area contributed by atoms with Gasteiger partial charge in [-0.25, -0.2) is 14.6 Å². The average molecular weight is 529 g/mol. The Morgan fingerprint density at radius 2 is 1.70 bits per heavy atom. The molecule has 1 unspecified atom stereocenters. The maximum atomic E-state index is 12.6. The Morgan fingerprint density at radius 1 is 1.03 bits per heavy atom. The molecule has 1 heterocycles. The molecule has 0 fully saturated rings. The summed E-state index contributed by atoms with van der Waals surface area (Å²) in [5.41, 5.74) is 1.66. The van der Waals surface area contributed by atoms with Crippen molar-refractivity contribution in [3.8, 4) is 11.3 Å². The summed E-state index contributed by atoms with van der Waals surface area (Å²) in [6.45, 7) is 5.29. The van der Waals surface area contributed by atoms with Gasteiger partial charge in [-0.1, -0.05) is 54.1 Å². The molecule has 3 rings (SSSR count). The normalized spacial score (nSPS) is 11.8. The Hall–Kier alpha value is -4.05. The van der Waals surface area contributed by atoms with Crippen LogP contribution >= 0.6 is 11.6 Å². The summed E-state index contributed by atoms with van der Waals surface area (Å²) >= 11 is 6.42. The number of hydrogen-bond donors (Lipinski definition) is 3. The Kier molecular flexibility index (Phi) is 9.13. The largest absolute Gasteiger partial charge is 0.461 e. The van der Waals surface area contributed by atoms with Crippen LogP contribution in [-0.4, -0.2) is 40.8 Å². The number of carbonyl (C=O) groups excluding carboxylic acids is 3. The number of hydrogen-bond acceptors (Lipinski definition) is 7. The number of halogens is 1. The number of nitrogens with one attached hydrogen (secondary N) is 3.